The zero-order chi connectivity index (χ0) is 16.3. The fraction of sp³-hybridized carbons (Fsp3) is 0.467. The summed E-state index contributed by atoms with van der Waals surface area (Å²) in [6.45, 7) is 3.44. The minimum Gasteiger partial charge on any atom is -0.480 e. The van der Waals surface area contributed by atoms with E-state index in [0.29, 0.717) is 5.02 Å². The number of hydrogen-bond acceptors (Lipinski definition) is 4. The maximum absolute atomic E-state index is 12.0. The van der Waals surface area contributed by atoms with Crippen LogP contribution in [0.4, 0.5) is 0 Å². The minimum absolute atomic E-state index is 0.0159. The highest BCUT2D eigenvalue weighted by Gasteiger charge is 2.35. The van der Waals surface area contributed by atoms with Gasteiger partial charge in [-0.15, -0.1) is 0 Å². The van der Waals surface area contributed by atoms with E-state index in [2.05, 4.69) is 16.2 Å². The Morgan fingerprint density at radius 1 is 1.32 bits per heavy atom. The molecule has 2 rings (SSSR count). The lowest BCUT2D eigenvalue weighted by atomic mass is 9.87. The van der Waals surface area contributed by atoms with Crippen molar-refractivity contribution in [2.24, 2.45) is 5.92 Å². The van der Waals surface area contributed by atoms with Crippen LogP contribution in [0.5, 0.6) is 0 Å². The third-order valence-electron chi connectivity index (χ3n) is 3.94. The Hall–Kier alpha value is -1.63. The third-order valence-corrected chi connectivity index (χ3v) is 4.19. The van der Waals surface area contributed by atoms with Crippen LogP contribution in [-0.2, 0) is 9.59 Å². The number of carboxylic acids is 1. The van der Waals surface area contributed by atoms with Crippen molar-refractivity contribution in [1.82, 2.24) is 16.2 Å². The lowest BCUT2D eigenvalue weighted by Crippen LogP contribution is -2.40. The van der Waals surface area contributed by atoms with Gasteiger partial charge in [0.25, 0.3) is 0 Å². The van der Waals surface area contributed by atoms with Crippen LogP contribution < -0.4 is 16.2 Å². The molecule has 0 saturated carbocycles. The van der Waals surface area contributed by atoms with E-state index in [1.807, 2.05) is 31.2 Å². The number of nitrogens with one attached hydrogen (secondary N) is 3. The molecule has 4 N–H and O–H groups in total. The molecule has 3 unspecified atom stereocenters. The quantitative estimate of drug-likeness (QED) is 0.658. The summed E-state index contributed by atoms with van der Waals surface area (Å²) in [4.78, 5) is 22.8. The van der Waals surface area contributed by atoms with Crippen molar-refractivity contribution in [3.63, 3.8) is 0 Å². The van der Waals surface area contributed by atoms with E-state index in [4.69, 9.17) is 16.7 Å². The SMILES string of the molecule is CC1NNC(c2ccc(Cl)cc2)C1CC(=O)N[C@@H](C)C(=O)O. The summed E-state index contributed by atoms with van der Waals surface area (Å²) >= 11 is 5.90. The Labute approximate surface area is 134 Å². The molecule has 0 aliphatic carbocycles. The van der Waals surface area contributed by atoms with Crippen LogP contribution in [0.25, 0.3) is 0 Å². The van der Waals surface area contributed by atoms with Crippen LogP contribution in [-0.4, -0.2) is 29.1 Å². The van der Waals surface area contributed by atoms with Crippen molar-refractivity contribution in [1.29, 1.82) is 0 Å². The summed E-state index contributed by atoms with van der Waals surface area (Å²) in [5.41, 5.74) is 7.35. The number of carbonyl (C=O) groups excluding carboxylic acids is 1. The highest BCUT2D eigenvalue weighted by atomic mass is 35.5. The average molecular weight is 326 g/mol. The van der Waals surface area contributed by atoms with Gasteiger partial charge >= 0.3 is 5.97 Å². The molecule has 6 nitrogen and oxygen atoms in total. The van der Waals surface area contributed by atoms with Gasteiger partial charge in [0, 0.05) is 23.4 Å². The molecule has 1 aromatic rings. The van der Waals surface area contributed by atoms with Gasteiger partial charge in [-0.1, -0.05) is 23.7 Å². The number of aliphatic carboxylic acids is 1. The monoisotopic (exact) mass is 325 g/mol. The summed E-state index contributed by atoms with van der Waals surface area (Å²) < 4.78 is 0. The Morgan fingerprint density at radius 3 is 2.55 bits per heavy atom. The third kappa shape index (κ3) is 3.97. The highest BCUT2D eigenvalue weighted by molar-refractivity contribution is 6.30. The molecule has 1 amide bonds. The van der Waals surface area contributed by atoms with Gasteiger partial charge in [-0.25, -0.2) is 5.43 Å². The first-order valence-corrected chi connectivity index (χ1v) is 7.55. The fourth-order valence-electron chi connectivity index (χ4n) is 2.60. The fourth-order valence-corrected chi connectivity index (χ4v) is 2.72. The molecule has 4 atom stereocenters. The van der Waals surface area contributed by atoms with Gasteiger partial charge in [0.15, 0.2) is 0 Å². The molecule has 0 radical (unpaired) electrons. The van der Waals surface area contributed by atoms with Crippen LogP contribution >= 0.6 is 11.6 Å². The van der Waals surface area contributed by atoms with Gasteiger partial charge in [0.1, 0.15) is 6.04 Å². The molecule has 22 heavy (non-hydrogen) atoms. The van der Waals surface area contributed by atoms with Crippen molar-refractivity contribution in [3.05, 3.63) is 34.9 Å². The Bertz CT molecular complexity index is 549. The van der Waals surface area contributed by atoms with E-state index in [-0.39, 0.29) is 30.3 Å². The average Bonchev–Trinajstić information content (AvgIpc) is 2.81. The molecule has 1 aromatic carbocycles. The lowest BCUT2D eigenvalue weighted by Gasteiger charge is -2.21. The summed E-state index contributed by atoms with van der Waals surface area (Å²) in [6.07, 6.45) is 0.242. The van der Waals surface area contributed by atoms with Gasteiger partial charge in [-0.3, -0.25) is 15.0 Å². The normalized spacial score (nSPS) is 25.7. The first-order valence-electron chi connectivity index (χ1n) is 7.17. The Kier molecular flexibility index (Phi) is 5.39. The standard InChI is InChI=1S/C15H20ClN3O3/c1-8-12(7-13(20)17-9(2)15(21)22)14(19-18-8)10-3-5-11(16)6-4-10/h3-6,8-9,12,14,18-19H,7H2,1-2H3,(H,17,20)(H,21,22)/t8?,9-,12?,14?/m0/s1. The topological polar surface area (TPSA) is 90.5 Å². The number of rotatable bonds is 5. The molecule has 0 aromatic heterocycles. The highest BCUT2D eigenvalue weighted by Crippen LogP contribution is 2.31. The maximum Gasteiger partial charge on any atom is 0.325 e. The molecule has 0 bridgehead atoms. The number of hydrogen-bond donors (Lipinski definition) is 4. The van der Waals surface area contributed by atoms with E-state index in [0.717, 1.165) is 5.56 Å². The molecule has 1 saturated heterocycles. The van der Waals surface area contributed by atoms with E-state index in [1.165, 1.54) is 6.92 Å². The smallest absolute Gasteiger partial charge is 0.325 e. The molecule has 7 heteroatoms. The number of benzene rings is 1. The molecule has 1 aliphatic heterocycles. The molecule has 1 fully saturated rings. The zero-order valence-corrected chi connectivity index (χ0v) is 13.2. The first-order chi connectivity index (χ1) is 10.4. The van der Waals surface area contributed by atoms with Crippen LogP contribution in [0.1, 0.15) is 31.9 Å². The van der Waals surface area contributed by atoms with Crippen molar-refractivity contribution < 1.29 is 14.7 Å². The van der Waals surface area contributed by atoms with Crippen LogP contribution in [0.15, 0.2) is 24.3 Å². The minimum atomic E-state index is -1.04. The molecule has 1 aliphatic rings. The second-order valence-electron chi connectivity index (χ2n) is 5.60. The molecule has 120 valence electrons. The van der Waals surface area contributed by atoms with Gasteiger partial charge < -0.3 is 10.4 Å². The zero-order valence-electron chi connectivity index (χ0n) is 12.5. The molecule has 0 spiro atoms. The van der Waals surface area contributed by atoms with Gasteiger partial charge in [-0.2, -0.15) is 0 Å². The van der Waals surface area contributed by atoms with E-state index < -0.39 is 12.0 Å². The summed E-state index contributed by atoms with van der Waals surface area (Å²) in [7, 11) is 0. The van der Waals surface area contributed by atoms with Crippen LogP contribution in [0, 0.1) is 5.92 Å². The Balaban J connectivity index is 2.05. The second kappa shape index (κ2) is 7.09. The molecular formula is C15H20ClN3O3. The molecule has 1 heterocycles. The largest absolute Gasteiger partial charge is 0.480 e. The van der Waals surface area contributed by atoms with Gasteiger partial charge in [0.2, 0.25) is 5.91 Å². The first kappa shape index (κ1) is 16.7. The van der Waals surface area contributed by atoms with E-state index in [1.54, 1.807) is 0 Å². The van der Waals surface area contributed by atoms with Crippen LogP contribution in [0.2, 0.25) is 5.02 Å². The predicted octanol–water partition coefficient (Wildman–Crippen LogP) is 1.47. The van der Waals surface area contributed by atoms with Crippen molar-refractivity contribution in [3.8, 4) is 0 Å². The van der Waals surface area contributed by atoms with Crippen LogP contribution in [0.3, 0.4) is 0 Å². The number of carbonyl (C=O) groups is 2. The van der Waals surface area contributed by atoms with Gasteiger partial charge in [-0.05, 0) is 31.5 Å². The molecular weight excluding hydrogens is 306 g/mol. The number of carboxylic acid groups (broad SMARTS) is 1. The number of amides is 1. The maximum atomic E-state index is 12.0. The Morgan fingerprint density at radius 2 is 1.95 bits per heavy atom. The van der Waals surface area contributed by atoms with E-state index >= 15 is 0 Å². The number of halogens is 1. The predicted molar refractivity (Wildman–Crippen MR) is 83.3 cm³/mol. The van der Waals surface area contributed by atoms with Crippen molar-refractivity contribution in [2.45, 2.75) is 38.4 Å². The summed E-state index contributed by atoms with van der Waals surface area (Å²) in [5.74, 6) is -1.29. The van der Waals surface area contributed by atoms with Crippen molar-refractivity contribution in [2.75, 3.05) is 0 Å². The van der Waals surface area contributed by atoms with Crippen molar-refractivity contribution >= 4 is 23.5 Å². The summed E-state index contributed by atoms with van der Waals surface area (Å²) in [5, 5.41) is 12.0. The lowest BCUT2D eigenvalue weighted by molar-refractivity contribution is -0.141. The van der Waals surface area contributed by atoms with E-state index in [9.17, 15) is 9.59 Å². The van der Waals surface area contributed by atoms with Gasteiger partial charge in [0.05, 0.1) is 6.04 Å². The number of hydrazine groups is 1. The second-order valence-corrected chi connectivity index (χ2v) is 6.04. The summed E-state index contributed by atoms with van der Waals surface area (Å²) in [6, 6.07) is 6.63.